The van der Waals surface area contributed by atoms with Crippen molar-refractivity contribution in [2.45, 2.75) is 39.3 Å². The molecule has 0 saturated carbocycles. The van der Waals surface area contributed by atoms with Crippen LogP contribution in [0.4, 0.5) is 0 Å². The van der Waals surface area contributed by atoms with Crippen LogP contribution in [0, 0.1) is 11.3 Å². The average Bonchev–Trinajstić information content (AvgIpc) is 2.60. The first-order valence-corrected chi connectivity index (χ1v) is 8.40. The van der Waals surface area contributed by atoms with E-state index >= 15 is 0 Å². The maximum absolute atomic E-state index is 8.98. The lowest BCUT2D eigenvalue weighted by Gasteiger charge is -2.34. The van der Waals surface area contributed by atoms with Gasteiger partial charge in [0.2, 0.25) is 0 Å². The fraction of sp³-hybridized carbons (Fsp3) is 0.556. The highest BCUT2D eigenvalue weighted by molar-refractivity contribution is 5.80. The van der Waals surface area contributed by atoms with Crippen molar-refractivity contribution in [2.24, 2.45) is 4.99 Å². The molecule has 1 aliphatic heterocycles. The summed E-state index contributed by atoms with van der Waals surface area (Å²) < 4.78 is 5.71. The lowest BCUT2D eigenvalue weighted by molar-refractivity contribution is 0.0263. The second-order valence-corrected chi connectivity index (χ2v) is 5.62. The first-order valence-electron chi connectivity index (χ1n) is 8.40. The van der Waals surface area contributed by atoms with Crippen LogP contribution >= 0.6 is 0 Å². The normalized spacial score (nSPS) is 16.2. The molecule has 23 heavy (non-hydrogen) atoms. The topological polar surface area (TPSA) is 60.7 Å². The summed E-state index contributed by atoms with van der Waals surface area (Å²) >= 11 is 0. The predicted molar refractivity (Wildman–Crippen MR) is 92.2 cm³/mol. The number of hydrogen-bond donors (Lipinski definition) is 1. The zero-order valence-corrected chi connectivity index (χ0v) is 14.1. The highest BCUT2D eigenvalue weighted by atomic mass is 16.5. The van der Waals surface area contributed by atoms with Gasteiger partial charge >= 0.3 is 0 Å². The van der Waals surface area contributed by atoms with Gasteiger partial charge in [-0.15, -0.1) is 0 Å². The average molecular weight is 314 g/mol. The van der Waals surface area contributed by atoms with E-state index in [4.69, 9.17) is 15.0 Å². The summed E-state index contributed by atoms with van der Waals surface area (Å²) in [5.41, 5.74) is 1.74. The van der Waals surface area contributed by atoms with Crippen LogP contribution in [0.25, 0.3) is 0 Å². The lowest BCUT2D eigenvalue weighted by Crippen LogP contribution is -2.47. The van der Waals surface area contributed by atoms with Crippen LogP contribution in [0.3, 0.4) is 0 Å². The van der Waals surface area contributed by atoms with Gasteiger partial charge in [-0.05, 0) is 44.4 Å². The van der Waals surface area contributed by atoms with Crippen LogP contribution in [-0.4, -0.2) is 43.2 Å². The molecule has 0 unspecified atom stereocenters. The summed E-state index contributed by atoms with van der Waals surface area (Å²) in [6.07, 6.45) is 2.47. The summed E-state index contributed by atoms with van der Waals surface area (Å²) in [6.45, 7) is 8.29. The minimum absolute atomic E-state index is 0.381. The maximum Gasteiger partial charge on any atom is 0.194 e. The highest BCUT2D eigenvalue weighted by Gasteiger charge is 2.21. The van der Waals surface area contributed by atoms with Crippen LogP contribution in [0.1, 0.15) is 37.8 Å². The number of hydrogen-bond acceptors (Lipinski definition) is 3. The number of nitrogens with zero attached hydrogens (tertiary/aromatic N) is 3. The van der Waals surface area contributed by atoms with E-state index in [0.717, 1.165) is 50.6 Å². The number of ether oxygens (including phenoxy) is 1. The number of guanidine groups is 1. The molecule has 1 aliphatic rings. The Hall–Kier alpha value is -2.06. The van der Waals surface area contributed by atoms with Gasteiger partial charge in [0.1, 0.15) is 0 Å². The molecular formula is C18H26N4O. The van der Waals surface area contributed by atoms with Crippen molar-refractivity contribution < 1.29 is 4.74 Å². The molecule has 0 amide bonds. The van der Waals surface area contributed by atoms with Gasteiger partial charge in [-0.2, -0.15) is 5.26 Å². The zero-order valence-electron chi connectivity index (χ0n) is 14.1. The Morgan fingerprint density at radius 2 is 2.17 bits per heavy atom. The molecule has 1 fully saturated rings. The molecule has 2 rings (SSSR count). The fourth-order valence-electron chi connectivity index (χ4n) is 2.80. The van der Waals surface area contributed by atoms with E-state index < -0.39 is 0 Å². The van der Waals surface area contributed by atoms with Gasteiger partial charge in [0.15, 0.2) is 5.96 Å². The Kier molecular flexibility index (Phi) is 6.89. The van der Waals surface area contributed by atoms with Crippen molar-refractivity contribution in [2.75, 3.05) is 26.2 Å². The molecule has 0 aliphatic carbocycles. The number of nitriles is 1. The largest absolute Gasteiger partial charge is 0.378 e. The molecule has 0 aromatic heterocycles. The van der Waals surface area contributed by atoms with E-state index in [1.807, 2.05) is 31.2 Å². The van der Waals surface area contributed by atoms with Crippen LogP contribution in [0.15, 0.2) is 29.3 Å². The number of aliphatic imine (C=N–C) groups is 1. The Morgan fingerprint density at radius 1 is 1.39 bits per heavy atom. The number of piperidine rings is 1. The van der Waals surface area contributed by atoms with E-state index in [9.17, 15) is 0 Å². The Bertz CT molecular complexity index is 556. The van der Waals surface area contributed by atoms with Crippen LogP contribution in [-0.2, 0) is 11.3 Å². The molecule has 1 aromatic carbocycles. The Morgan fingerprint density at radius 3 is 2.83 bits per heavy atom. The van der Waals surface area contributed by atoms with Crippen molar-refractivity contribution in [3.05, 3.63) is 35.4 Å². The first kappa shape index (κ1) is 17.3. The van der Waals surface area contributed by atoms with Gasteiger partial charge in [-0.25, -0.2) is 4.99 Å². The van der Waals surface area contributed by atoms with E-state index in [0.29, 0.717) is 18.2 Å². The number of nitrogens with one attached hydrogen (secondary N) is 1. The third-order valence-corrected chi connectivity index (χ3v) is 3.95. The van der Waals surface area contributed by atoms with Gasteiger partial charge in [0.05, 0.1) is 24.3 Å². The Balaban J connectivity index is 1.99. The van der Waals surface area contributed by atoms with Gasteiger partial charge in [-0.1, -0.05) is 12.1 Å². The lowest BCUT2D eigenvalue weighted by atomic mass is 10.1. The molecule has 0 atom stereocenters. The van der Waals surface area contributed by atoms with E-state index in [2.05, 4.69) is 23.2 Å². The molecule has 0 bridgehead atoms. The molecule has 1 heterocycles. The molecule has 0 spiro atoms. The molecule has 1 saturated heterocycles. The molecular weight excluding hydrogens is 288 g/mol. The monoisotopic (exact) mass is 314 g/mol. The van der Waals surface area contributed by atoms with Crippen molar-refractivity contribution in [3.8, 4) is 6.07 Å². The van der Waals surface area contributed by atoms with Gasteiger partial charge in [-0.3, -0.25) is 0 Å². The van der Waals surface area contributed by atoms with Crippen molar-refractivity contribution >= 4 is 5.96 Å². The van der Waals surface area contributed by atoms with Crippen molar-refractivity contribution in [3.63, 3.8) is 0 Å². The van der Waals surface area contributed by atoms with Gasteiger partial charge in [0, 0.05) is 26.2 Å². The minimum Gasteiger partial charge on any atom is -0.378 e. The van der Waals surface area contributed by atoms with Crippen LogP contribution in [0.5, 0.6) is 0 Å². The SMILES string of the molecule is CCNC(=NCc1cccc(C#N)c1)N1CCC(OCC)CC1. The zero-order chi connectivity index (χ0) is 16.5. The van der Waals surface area contributed by atoms with Gasteiger partial charge in [0.25, 0.3) is 0 Å². The molecule has 1 N–H and O–H groups in total. The van der Waals surface area contributed by atoms with E-state index in [1.54, 1.807) is 0 Å². The number of likely N-dealkylation sites (tertiary alicyclic amines) is 1. The quantitative estimate of drug-likeness (QED) is 0.670. The van der Waals surface area contributed by atoms with Crippen molar-refractivity contribution in [1.82, 2.24) is 10.2 Å². The molecule has 124 valence electrons. The molecule has 0 radical (unpaired) electrons. The summed E-state index contributed by atoms with van der Waals surface area (Å²) in [5, 5.41) is 12.3. The number of rotatable bonds is 5. The maximum atomic E-state index is 8.98. The molecule has 5 nitrogen and oxygen atoms in total. The minimum atomic E-state index is 0.381. The number of benzene rings is 1. The van der Waals surface area contributed by atoms with E-state index in [1.165, 1.54) is 0 Å². The smallest absolute Gasteiger partial charge is 0.194 e. The third kappa shape index (κ3) is 5.26. The van der Waals surface area contributed by atoms with Crippen LogP contribution in [0.2, 0.25) is 0 Å². The van der Waals surface area contributed by atoms with Crippen molar-refractivity contribution in [1.29, 1.82) is 5.26 Å². The molecule has 5 heteroatoms. The first-order chi connectivity index (χ1) is 11.3. The summed E-state index contributed by atoms with van der Waals surface area (Å²) in [5.74, 6) is 0.949. The second kappa shape index (κ2) is 9.16. The van der Waals surface area contributed by atoms with Crippen LogP contribution < -0.4 is 5.32 Å². The summed E-state index contributed by atoms with van der Waals surface area (Å²) in [4.78, 5) is 7.03. The summed E-state index contributed by atoms with van der Waals surface area (Å²) in [7, 11) is 0. The van der Waals surface area contributed by atoms with Gasteiger partial charge < -0.3 is 15.0 Å². The Labute approximate surface area is 139 Å². The predicted octanol–water partition coefficient (Wildman–Crippen LogP) is 2.52. The van der Waals surface area contributed by atoms with E-state index in [-0.39, 0.29) is 0 Å². The second-order valence-electron chi connectivity index (χ2n) is 5.62. The fourth-order valence-corrected chi connectivity index (χ4v) is 2.80. The standard InChI is InChI=1S/C18H26N4O/c1-3-20-18(22-10-8-17(9-11-22)23-4-2)21-14-16-7-5-6-15(12-16)13-19/h5-7,12,17H,3-4,8-11,14H2,1-2H3,(H,20,21). The summed E-state index contributed by atoms with van der Waals surface area (Å²) in [6, 6.07) is 9.80. The highest BCUT2D eigenvalue weighted by Crippen LogP contribution is 2.14. The third-order valence-electron chi connectivity index (χ3n) is 3.95. The molecule has 1 aromatic rings.